The van der Waals surface area contributed by atoms with Gasteiger partial charge in [-0.15, -0.1) is 0 Å². The lowest BCUT2D eigenvalue weighted by molar-refractivity contribution is 0.446. The first-order valence-corrected chi connectivity index (χ1v) is 6.45. The quantitative estimate of drug-likeness (QED) is 0.528. The van der Waals surface area contributed by atoms with Gasteiger partial charge in [0.1, 0.15) is 5.82 Å². The van der Waals surface area contributed by atoms with Crippen LogP contribution < -0.4 is 5.73 Å². The van der Waals surface area contributed by atoms with E-state index < -0.39 is 23.3 Å². The van der Waals surface area contributed by atoms with Crippen LogP contribution in [0.1, 0.15) is 0 Å². The van der Waals surface area contributed by atoms with E-state index in [0.717, 1.165) is 22.8 Å². The molecule has 3 aromatic rings. The Morgan fingerprint density at radius 3 is 2.19 bits per heavy atom. The minimum atomic E-state index is -1.59. The number of hydrogen-bond acceptors (Lipinski definition) is 2. The van der Waals surface area contributed by atoms with Crippen LogP contribution in [0.25, 0.3) is 16.7 Å². The lowest BCUT2D eigenvalue weighted by Gasteiger charge is -2.08. The van der Waals surface area contributed by atoms with Crippen molar-refractivity contribution in [3.8, 4) is 5.69 Å². The number of hydrogen-bond donors (Lipinski definition) is 1. The van der Waals surface area contributed by atoms with E-state index in [4.69, 9.17) is 5.73 Å². The molecule has 0 aliphatic heterocycles. The van der Waals surface area contributed by atoms with Gasteiger partial charge in [0, 0.05) is 18.2 Å². The minimum Gasteiger partial charge on any atom is -0.369 e. The third-order valence-electron chi connectivity index (χ3n) is 2.95. The number of nitrogens with two attached hydrogens (primary N) is 1. The maximum Gasteiger partial charge on any atom is 0.205 e. The number of fused-ring (bicyclic) bond motifs is 1. The highest BCUT2D eigenvalue weighted by Crippen LogP contribution is 2.28. The predicted octanol–water partition coefficient (Wildman–Crippen LogP) is 3.93. The molecule has 1 heterocycles. The first-order valence-electron chi connectivity index (χ1n) is 5.66. The molecule has 0 spiro atoms. The SMILES string of the molecule is Nc1nc2cc(Br)c(F)cc2n1-c1cc(F)c(F)c(F)c1. The van der Waals surface area contributed by atoms with Gasteiger partial charge in [0.15, 0.2) is 17.5 Å². The average molecular weight is 360 g/mol. The molecule has 0 radical (unpaired) electrons. The summed E-state index contributed by atoms with van der Waals surface area (Å²) in [5, 5.41) is 0. The minimum absolute atomic E-state index is 0.0897. The molecular weight excluding hydrogens is 354 g/mol. The van der Waals surface area contributed by atoms with Crippen LogP contribution >= 0.6 is 15.9 Å². The summed E-state index contributed by atoms with van der Waals surface area (Å²) in [5.41, 5.74) is 6.14. The van der Waals surface area contributed by atoms with E-state index in [1.165, 1.54) is 6.07 Å². The molecule has 2 aromatic carbocycles. The fourth-order valence-electron chi connectivity index (χ4n) is 2.03. The van der Waals surface area contributed by atoms with Crippen molar-refractivity contribution in [3.05, 3.63) is 52.0 Å². The maximum absolute atomic E-state index is 13.6. The lowest BCUT2D eigenvalue weighted by atomic mass is 10.2. The van der Waals surface area contributed by atoms with Gasteiger partial charge in [-0.3, -0.25) is 4.57 Å². The highest BCUT2D eigenvalue weighted by Gasteiger charge is 2.17. The van der Waals surface area contributed by atoms with Gasteiger partial charge >= 0.3 is 0 Å². The van der Waals surface area contributed by atoms with Gasteiger partial charge in [0.2, 0.25) is 5.95 Å². The number of nitrogen functional groups attached to an aromatic ring is 1. The Morgan fingerprint density at radius 2 is 1.57 bits per heavy atom. The molecule has 21 heavy (non-hydrogen) atoms. The zero-order chi connectivity index (χ0) is 15.3. The van der Waals surface area contributed by atoms with Crippen molar-refractivity contribution in [2.75, 3.05) is 5.73 Å². The highest BCUT2D eigenvalue weighted by atomic mass is 79.9. The summed E-state index contributed by atoms with van der Waals surface area (Å²) in [6.07, 6.45) is 0. The molecule has 0 amide bonds. The van der Waals surface area contributed by atoms with Crippen LogP contribution in [0, 0.1) is 23.3 Å². The molecule has 0 fully saturated rings. The number of nitrogens with zero attached hydrogens (tertiary/aromatic N) is 2. The number of aromatic nitrogens is 2. The first kappa shape index (κ1) is 13.9. The van der Waals surface area contributed by atoms with E-state index in [9.17, 15) is 17.6 Å². The zero-order valence-corrected chi connectivity index (χ0v) is 11.8. The summed E-state index contributed by atoms with van der Waals surface area (Å²) in [7, 11) is 0. The number of rotatable bonds is 1. The highest BCUT2D eigenvalue weighted by molar-refractivity contribution is 9.10. The molecule has 0 aliphatic carbocycles. The van der Waals surface area contributed by atoms with Crippen molar-refractivity contribution in [2.24, 2.45) is 0 Å². The van der Waals surface area contributed by atoms with Gasteiger partial charge in [-0.2, -0.15) is 0 Å². The molecule has 0 atom stereocenters. The third-order valence-corrected chi connectivity index (χ3v) is 3.56. The van der Waals surface area contributed by atoms with Crippen molar-refractivity contribution in [1.29, 1.82) is 0 Å². The second-order valence-electron chi connectivity index (χ2n) is 4.28. The Bertz CT molecular complexity index is 852. The van der Waals surface area contributed by atoms with Crippen LogP contribution in [-0.4, -0.2) is 9.55 Å². The Labute approximate surface area is 124 Å². The van der Waals surface area contributed by atoms with Gasteiger partial charge in [0.25, 0.3) is 0 Å². The molecule has 0 bridgehead atoms. The van der Waals surface area contributed by atoms with Crippen LogP contribution in [0.4, 0.5) is 23.5 Å². The van der Waals surface area contributed by atoms with Crippen molar-refractivity contribution in [2.45, 2.75) is 0 Å². The smallest absolute Gasteiger partial charge is 0.205 e. The molecule has 0 aliphatic rings. The van der Waals surface area contributed by atoms with Crippen molar-refractivity contribution in [3.63, 3.8) is 0 Å². The lowest BCUT2D eigenvalue weighted by Crippen LogP contribution is -2.03. The van der Waals surface area contributed by atoms with Crippen LogP contribution in [0.3, 0.4) is 0 Å². The first-order chi connectivity index (χ1) is 9.88. The second kappa shape index (κ2) is 4.73. The number of benzene rings is 2. The van der Waals surface area contributed by atoms with Gasteiger partial charge in [-0.05, 0) is 22.0 Å². The number of imidazole rings is 1. The topological polar surface area (TPSA) is 43.8 Å². The fourth-order valence-corrected chi connectivity index (χ4v) is 2.37. The van der Waals surface area contributed by atoms with Gasteiger partial charge in [-0.25, -0.2) is 22.5 Å². The van der Waals surface area contributed by atoms with E-state index >= 15 is 0 Å². The molecule has 2 N–H and O–H groups in total. The monoisotopic (exact) mass is 359 g/mol. The average Bonchev–Trinajstić information content (AvgIpc) is 2.71. The summed E-state index contributed by atoms with van der Waals surface area (Å²) >= 11 is 3.00. The number of anilines is 1. The molecule has 3 nitrogen and oxygen atoms in total. The van der Waals surface area contributed by atoms with Crippen LogP contribution in [0.15, 0.2) is 28.7 Å². The summed E-state index contributed by atoms with van der Waals surface area (Å²) < 4.78 is 54.6. The van der Waals surface area contributed by atoms with E-state index in [1.807, 2.05) is 0 Å². The van der Waals surface area contributed by atoms with E-state index in [2.05, 4.69) is 20.9 Å². The Kier molecular flexibility index (Phi) is 3.12. The van der Waals surface area contributed by atoms with Crippen LogP contribution in [-0.2, 0) is 0 Å². The normalized spacial score (nSPS) is 11.3. The summed E-state index contributed by atoms with van der Waals surface area (Å²) in [4.78, 5) is 3.98. The Hall–Kier alpha value is -2.09. The molecule has 0 saturated heterocycles. The van der Waals surface area contributed by atoms with E-state index in [0.29, 0.717) is 5.52 Å². The molecule has 0 unspecified atom stereocenters. The molecule has 0 saturated carbocycles. The third kappa shape index (κ3) is 2.15. The Morgan fingerprint density at radius 1 is 0.952 bits per heavy atom. The van der Waals surface area contributed by atoms with Gasteiger partial charge in [-0.1, -0.05) is 0 Å². The molecule has 3 rings (SSSR count). The fraction of sp³-hybridized carbons (Fsp3) is 0. The summed E-state index contributed by atoms with van der Waals surface area (Å²) in [6.45, 7) is 0. The van der Waals surface area contributed by atoms with Crippen molar-refractivity contribution >= 4 is 32.9 Å². The van der Waals surface area contributed by atoms with E-state index in [1.54, 1.807) is 0 Å². The maximum atomic E-state index is 13.6. The standard InChI is InChI=1S/C13H6BrF4N3/c14-6-3-10-11(4-7(6)15)21(13(19)20-10)5-1-8(16)12(18)9(17)2-5/h1-4H,(H2,19,20). The summed E-state index contributed by atoms with van der Waals surface area (Å²) in [6, 6.07) is 4.02. The largest absolute Gasteiger partial charge is 0.369 e. The van der Waals surface area contributed by atoms with Crippen LogP contribution in [0.5, 0.6) is 0 Å². The molecule has 1 aromatic heterocycles. The predicted molar refractivity (Wildman–Crippen MR) is 73.0 cm³/mol. The van der Waals surface area contributed by atoms with Gasteiger partial charge in [0.05, 0.1) is 21.2 Å². The van der Waals surface area contributed by atoms with Crippen molar-refractivity contribution in [1.82, 2.24) is 9.55 Å². The van der Waals surface area contributed by atoms with Gasteiger partial charge < -0.3 is 5.73 Å². The number of halogens is 5. The van der Waals surface area contributed by atoms with Crippen molar-refractivity contribution < 1.29 is 17.6 Å². The molecular formula is C13H6BrF4N3. The molecule has 108 valence electrons. The Balaban J connectivity index is 2.34. The zero-order valence-electron chi connectivity index (χ0n) is 10.2. The second-order valence-corrected chi connectivity index (χ2v) is 5.14. The van der Waals surface area contributed by atoms with Crippen LogP contribution in [0.2, 0.25) is 0 Å². The van der Waals surface area contributed by atoms with E-state index in [-0.39, 0.29) is 21.6 Å². The molecule has 8 heteroatoms. The summed E-state index contributed by atoms with van der Waals surface area (Å²) in [5.74, 6) is -5.03.